The highest BCUT2D eigenvalue weighted by Gasteiger charge is 2.28. The number of benzene rings is 2. The van der Waals surface area contributed by atoms with Gasteiger partial charge in [-0.3, -0.25) is 19.7 Å². The number of nitrogens with zero attached hydrogens (tertiary/aromatic N) is 3. The summed E-state index contributed by atoms with van der Waals surface area (Å²) in [5.41, 5.74) is 1.39. The van der Waals surface area contributed by atoms with E-state index < -0.39 is 4.92 Å². The minimum absolute atomic E-state index is 0.0317. The molecule has 0 spiro atoms. The van der Waals surface area contributed by atoms with Crippen LogP contribution in [0.5, 0.6) is 0 Å². The predicted octanol–water partition coefficient (Wildman–Crippen LogP) is 4.75. The molecule has 178 valence electrons. The lowest BCUT2D eigenvalue weighted by molar-refractivity contribution is -0.385. The number of nitrogens with one attached hydrogen (secondary N) is 1. The Morgan fingerprint density at radius 2 is 1.89 bits per heavy atom. The quantitative estimate of drug-likeness (QED) is 0.308. The lowest BCUT2D eigenvalue weighted by Gasteiger charge is -2.30. The minimum atomic E-state index is -0.465. The molecule has 9 nitrogen and oxygen atoms in total. The fraction of sp³-hybridized carbons (Fsp3) is 0.240. The lowest BCUT2D eigenvalue weighted by atomic mass is 9.97. The van der Waals surface area contributed by atoms with Crippen LogP contribution >= 0.6 is 11.3 Å². The SMILES string of the molecule is O=C(NCc1ccccc1[N+](=O)[O-])c1csc(C2CCN(C(=O)c3cc4ccccc4o3)CC2)n1. The van der Waals surface area contributed by atoms with Crippen LogP contribution in [0.3, 0.4) is 0 Å². The van der Waals surface area contributed by atoms with Gasteiger partial charge in [0.1, 0.15) is 11.3 Å². The molecule has 0 bridgehead atoms. The maximum absolute atomic E-state index is 12.9. The highest BCUT2D eigenvalue weighted by atomic mass is 32.1. The third-order valence-corrected chi connectivity index (χ3v) is 7.16. The molecule has 1 aliphatic heterocycles. The summed E-state index contributed by atoms with van der Waals surface area (Å²) in [6.07, 6.45) is 1.49. The van der Waals surface area contributed by atoms with E-state index in [1.165, 1.54) is 17.4 Å². The lowest BCUT2D eigenvalue weighted by Crippen LogP contribution is -2.37. The molecule has 0 radical (unpaired) electrons. The molecule has 4 aromatic rings. The first-order valence-corrected chi connectivity index (χ1v) is 12.1. The smallest absolute Gasteiger partial charge is 0.289 e. The number of rotatable bonds is 6. The number of carbonyl (C=O) groups is 2. The van der Waals surface area contributed by atoms with Crippen LogP contribution in [0.25, 0.3) is 11.0 Å². The number of hydrogen-bond donors (Lipinski definition) is 1. The van der Waals surface area contributed by atoms with E-state index in [1.54, 1.807) is 34.5 Å². The summed E-state index contributed by atoms with van der Waals surface area (Å²) in [6.45, 7) is 1.21. The van der Waals surface area contributed by atoms with Crippen molar-refractivity contribution in [2.24, 2.45) is 0 Å². The van der Waals surface area contributed by atoms with Crippen molar-refractivity contribution in [2.45, 2.75) is 25.3 Å². The Kier molecular flexibility index (Phi) is 6.28. The summed E-state index contributed by atoms with van der Waals surface area (Å²) < 4.78 is 5.72. The van der Waals surface area contributed by atoms with E-state index in [1.807, 2.05) is 24.3 Å². The average Bonchev–Trinajstić information content (AvgIpc) is 3.55. The molecule has 1 aliphatic rings. The maximum atomic E-state index is 12.9. The molecule has 2 amide bonds. The van der Waals surface area contributed by atoms with Gasteiger partial charge in [0.15, 0.2) is 5.76 Å². The maximum Gasteiger partial charge on any atom is 0.289 e. The molecule has 1 saturated heterocycles. The Hall–Kier alpha value is -4.05. The molecular formula is C25H22N4O5S. The fourth-order valence-corrected chi connectivity index (χ4v) is 5.23. The van der Waals surface area contributed by atoms with Crippen LogP contribution in [0.15, 0.2) is 64.4 Å². The third kappa shape index (κ3) is 4.78. The highest BCUT2D eigenvalue weighted by Crippen LogP contribution is 2.31. The molecule has 2 aromatic carbocycles. The Balaban J connectivity index is 1.17. The summed E-state index contributed by atoms with van der Waals surface area (Å²) >= 11 is 1.42. The molecule has 0 aliphatic carbocycles. The van der Waals surface area contributed by atoms with E-state index in [0.717, 1.165) is 23.2 Å². The van der Waals surface area contributed by atoms with Gasteiger partial charge in [0.25, 0.3) is 17.5 Å². The van der Waals surface area contributed by atoms with Crippen LogP contribution in [-0.4, -0.2) is 39.7 Å². The number of furan rings is 1. The van der Waals surface area contributed by atoms with Crippen molar-refractivity contribution in [1.29, 1.82) is 0 Å². The Morgan fingerprint density at radius 1 is 1.14 bits per heavy atom. The molecule has 3 heterocycles. The number of nitro groups is 1. The van der Waals surface area contributed by atoms with Gasteiger partial charge in [-0.1, -0.05) is 36.4 Å². The molecule has 35 heavy (non-hydrogen) atoms. The van der Waals surface area contributed by atoms with Crippen molar-refractivity contribution in [2.75, 3.05) is 13.1 Å². The summed E-state index contributed by atoms with van der Waals surface area (Å²) in [5, 5.41) is 17.3. The number of carbonyl (C=O) groups excluding carboxylic acids is 2. The molecule has 10 heteroatoms. The zero-order valence-corrected chi connectivity index (χ0v) is 19.5. The van der Waals surface area contributed by atoms with Gasteiger partial charge >= 0.3 is 0 Å². The summed E-state index contributed by atoms with van der Waals surface area (Å²) in [4.78, 5) is 42.4. The van der Waals surface area contributed by atoms with Gasteiger partial charge in [0.2, 0.25) is 0 Å². The Morgan fingerprint density at radius 3 is 2.66 bits per heavy atom. The van der Waals surface area contributed by atoms with Gasteiger partial charge in [-0.05, 0) is 25.0 Å². The normalized spacial score (nSPS) is 14.2. The van der Waals surface area contributed by atoms with Crippen LogP contribution in [0.2, 0.25) is 0 Å². The highest BCUT2D eigenvalue weighted by molar-refractivity contribution is 7.09. The monoisotopic (exact) mass is 490 g/mol. The van der Waals surface area contributed by atoms with Crippen molar-refractivity contribution >= 4 is 39.8 Å². The van der Waals surface area contributed by atoms with Gasteiger partial charge < -0.3 is 14.6 Å². The number of hydrogen-bond acceptors (Lipinski definition) is 7. The number of piperidine rings is 1. The van der Waals surface area contributed by atoms with Crippen LogP contribution in [-0.2, 0) is 6.54 Å². The first-order valence-electron chi connectivity index (χ1n) is 11.2. The van der Waals surface area contributed by atoms with Crippen LogP contribution in [0.4, 0.5) is 5.69 Å². The average molecular weight is 491 g/mol. The van der Waals surface area contributed by atoms with Gasteiger partial charge in [0, 0.05) is 47.9 Å². The number of fused-ring (bicyclic) bond motifs is 1. The number of thiazole rings is 1. The van der Waals surface area contributed by atoms with E-state index in [0.29, 0.717) is 35.7 Å². The largest absolute Gasteiger partial charge is 0.451 e. The van der Waals surface area contributed by atoms with E-state index in [-0.39, 0.29) is 30.0 Å². The van der Waals surface area contributed by atoms with E-state index in [4.69, 9.17) is 4.42 Å². The topological polar surface area (TPSA) is 119 Å². The summed E-state index contributed by atoms with van der Waals surface area (Å²) in [5.74, 6) is 0.0185. The van der Waals surface area contributed by atoms with Crippen LogP contribution in [0, 0.1) is 10.1 Å². The standard InChI is InChI=1S/C25H22N4O5S/c30-23(26-14-18-6-1-3-7-20(18)29(32)33)19-15-35-24(27-19)16-9-11-28(12-10-16)25(31)22-13-17-5-2-4-8-21(17)34-22/h1-8,13,15-16H,9-12,14H2,(H,26,30). The molecule has 0 atom stereocenters. The number of likely N-dealkylation sites (tertiary alicyclic amines) is 1. The molecule has 1 fully saturated rings. The van der Waals surface area contributed by atoms with E-state index in [9.17, 15) is 19.7 Å². The Labute approximate surface area is 204 Å². The Bertz CT molecular complexity index is 1370. The van der Waals surface area contributed by atoms with Gasteiger partial charge in [-0.2, -0.15) is 0 Å². The van der Waals surface area contributed by atoms with Crippen LogP contribution in [0.1, 0.15) is 50.4 Å². The molecular weight excluding hydrogens is 468 g/mol. The van der Waals surface area contributed by atoms with Gasteiger partial charge in [0.05, 0.1) is 9.93 Å². The molecule has 5 rings (SSSR count). The second-order valence-electron chi connectivity index (χ2n) is 8.35. The second-order valence-corrected chi connectivity index (χ2v) is 9.24. The van der Waals surface area contributed by atoms with E-state index in [2.05, 4.69) is 10.3 Å². The number of aromatic nitrogens is 1. The summed E-state index contributed by atoms with van der Waals surface area (Å²) in [7, 11) is 0. The van der Waals surface area contributed by atoms with E-state index >= 15 is 0 Å². The van der Waals surface area contributed by atoms with Crippen molar-refractivity contribution in [3.63, 3.8) is 0 Å². The van der Waals surface area contributed by atoms with Crippen molar-refractivity contribution in [3.05, 3.63) is 92.1 Å². The zero-order chi connectivity index (χ0) is 24.4. The fourth-order valence-electron chi connectivity index (χ4n) is 4.26. The number of nitro benzene ring substituents is 1. The molecule has 0 unspecified atom stereocenters. The summed E-state index contributed by atoms with van der Waals surface area (Å²) in [6, 6.07) is 15.6. The second kappa shape index (κ2) is 9.67. The number of para-hydroxylation sites is 2. The number of amides is 2. The molecule has 0 saturated carbocycles. The first kappa shape index (κ1) is 22.7. The molecule has 2 aromatic heterocycles. The van der Waals surface area contributed by atoms with Crippen molar-refractivity contribution in [3.8, 4) is 0 Å². The van der Waals surface area contributed by atoms with Crippen molar-refractivity contribution < 1.29 is 18.9 Å². The molecule has 1 N–H and O–H groups in total. The predicted molar refractivity (Wildman–Crippen MR) is 130 cm³/mol. The van der Waals surface area contributed by atoms with Gasteiger partial charge in [-0.15, -0.1) is 11.3 Å². The zero-order valence-electron chi connectivity index (χ0n) is 18.7. The van der Waals surface area contributed by atoms with Gasteiger partial charge in [-0.25, -0.2) is 4.98 Å². The third-order valence-electron chi connectivity index (χ3n) is 6.15. The first-order chi connectivity index (χ1) is 17.0. The van der Waals surface area contributed by atoms with Crippen molar-refractivity contribution in [1.82, 2.24) is 15.2 Å². The minimum Gasteiger partial charge on any atom is -0.451 e. The van der Waals surface area contributed by atoms with Crippen LogP contribution < -0.4 is 5.32 Å².